The smallest absolute Gasteiger partial charge is 0.347 e. The minimum atomic E-state index is -0.418. The van der Waals surface area contributed by atoms with Crippen molar-refractivity contribution in [3.05, 3.63) is 40.4 Å². The quantitative estimate of drug-likeness (QED) is 0.640. The number of aromatic nitrogens is 2. The predicted octanol–water partition coefficient (Wildman–Crippen LogP) is 4.02. The maximum atomic E-state index is 13.2. The van der Waals surface area contributed by atoms with Crippen LogP contribution in [0.2, 0.25) is 0 Å². The first-order chi connectivity index (χ1) is 13.5. The standard InChI is InChI=1S/C22H27N3O3/c1-14(2)25(16-7-5-4-6-8-16)20(26)13-24-21-17-11-15(3)9-10-19(17)28-22(27)18(21)12-23-24/h9-12,14,16H,4-8,13H2,1-3H3. The third kappa shape index (κ3) is 3.32. The summed E-state index contributed by atoms with van der Waals surface area (Å²) in [4.78, 5) is 27.6. The van der Waals surface area contributed by atoms with Crippen LogP contribution in [0.5, 0.6) is 0 Å². The number of hydrogen-bond acceptors (Lipinski definition) is 4. The van der Waals surface area contributed by atoms with Crippen LogP contribution in [0.3, 0.4) is 0 Å². The second-order valence-corrected chi connectivity index (χ2v) is 8.14. The Balaban J connectivity index is 1.74. The summed E-state index contributed by atoms with van der Waals surface area (Å²) < 4.78 is 7.09. The fraction of sp³-hybridized carbons (Fsp3) is 0.500. The molecule has 0 spiro atoms. The van der Waals surface area contributed by atoms with Gasteiger partial charge in [-0.1, -0.05) is 30.9 Å². The van der Waals surface area contributed by atoms with Crippen molar-refractivity contribution in [1.29, 1.82) is 0 Å². The van der Waals surface area contributed by atoms with E-state index in [1.54, 1.807) is 10.7 Å². The third-order valence-corrected chi connectivity index (χ3v) is 5.75. The van der Waals surface area contributed by atoms with Gasteiger partial charge in [0.05, 0.1) is 11.7 Å². The molecule has 0 unspecified atom stereocenters. The number of rotatable bonds is 4. The van der Waals surface area contributed by atoms with E-state index in [0.29, 0.717) is 22.5 Å². The second kappa shape index (κ2) is 7.41. The summed E-state index contributed by atoms with van der Waals surface area (Å²) in [5.41, 5.74) is 1.84. The molecule has 2 aromatic heterocycles. The Kier molecular flexibility index (Phi) is 4.96. The van der Waals surface area contributed by atoms with E-state index in [2.05, 4.69) is 18.9 Å². The van der Waals surface area contributed by atoms with E-state index in [1.165, 1.54) is 25.5 Å². The van der Waals surface area contributed by atoms with Gasteiger partial charge >= 0.3 is 5.63 Å². The minimum absolute atomic E-state index is 0.0564. The molecule has 0 aliphatic heterocycles. The molecule has 1 aliphatic carbocycles. The van der Waals surface area contributed by atoms with E-state index >= 15 is 0 Å². The van der Waals surface area contributed by atoms with E-state index in [0.717, 1.165) is 23.8 Å². The molecular formula is C22H27N3O3. The van der Waals surface area contributed by atoms with E-state index < -0.39 is 5.63 Å². The van der Waals surface area contributed by atoms with E-state index in [4.69, 9.17) is 4.42 Å². The van der Waals surface area contributed by atoms with Gasteiger partial charge in [-0.2, -0.15) is 5.10 Å². The Labute approximate surface area is 164 Å². The number of amides is 1. The summed E-state index contributed by atoms with van der Waals surface area (Å²) in [6.07, 6.45) is 7.25. The molecule has 0 bridgehead atoms. The molecule has 4 rings (SSSR count). The Morgan fingerprint density at radius 2 is 2.00 bits per heavy atom. The highest BCUT2D eigenvalue weighted by atomic mass is 16.4. The van der Waals surface area contributed by atoms with Gasteiger partial charge in [-0.25, -0.2) is 4.79 Å². The van der Waals surface area contributed by atoms with Crippen LogP contribution < -0.4 is 5.63 Å². The number of aryl methyl sites for hydroxylation is 1. The molecule has 1 aliphatic rings. The first-order valence-corrected chi connectivity index (χ1v) is 10.2. The monoisotopic (exact) mass is 381 g/mol. The van der Waals surface area contributed by atoms with Gasteiger partial charge in [0.15, 0.2) is 0 Å². The number of benzene rings is 1. The third-order valence-electron chi connectivity index (χ3n) is 5.75. The molecule has 3 aromatic rings. The van der Waals surface area contributed by atoms with E-state index in [-0.39, 0.29) is 18.5 Å². The molecular weight excluding hydrogens is 354 g/mol. The molecule has 0 atom stereocenters. The summed E-state index contributed by atoms with van der Waals surface area (Å²) >= 11 is 0. The number of nitrogens with zero attached hydrogens (tertiary/aromatic N) is 3. The van der Waals surface area contributed by atoms with Gasteiger partial charge in [-0.05, 0) is 45.7 Å². The first-order valence-electron chi connectivity index (χ1n) is 10.2. The summed E-state index contributed by atoms with van der Waals surface area (Å²) in [5.74, 6) is 0.0564. The van der Waals surface area contributed by atoms with Crippen molar-refractivity contribution in [2.45, 2.75) is 71.5 Å². The lowest BCUT2D eigenvalue weighted by atomic mass is 9.93. The minimum Gasteiger partial charge on any atom is -0.422 e. The van der Waals surface area contributed by atoms with Crippen molar-refractivity contribution in [1.82, 2.24) is 14.7 Å². The van der Waals surface area contributed by atoms with Crippen LogP contribution in [0.15, 0.2) is 33.6 Å². The molecule has 0 saturated heterocycles. The summed E-state index contributed by atoms with van der Waals surface area (Å²) in [7, 11) is 0. The number of fused-ring (bicyclic) bond motifs is 3. The van der Waals surface area contributed by atoms with Crippen molar-refractivity contribution < 1.29 is 9.21 Å². The van der Waals surface area contributed by atoms with Crippen molar-refractivity contribution in [2.75, 3.05) is 0 Å². The zero-order chi connectivity index (χ0) is 19.8. The zero-order valence-corrected chi connectivity index (χ0v) is 16.8. The molecule has 6 nitrogen and oxygen atoms in total. The fourth-order valence-electron chi connectivity index (χ4n) is 4.49. The SMILES string of the molecule is Cc1ccc2oc(=O)c3cnn(CC(=O)N(C(C)C)C4CCCCC4)c3c2c1. The van der Waals surface area contributed by atoms with Crippen molar-refractivity contribution in [2.24, 2.45) is 0 Å². The number of carbonyl (C=O) groups is 1. The normalized spacial score (nSPS) is 15.6. The van der Waals surface area contributed by atoms with Crippen molar-refractivity contribution in [3.63, 3.8) is 0 Å². The van der Waals surface area contributed by atoms with Crippen LogP contribution in [0.1, 0.15) is 51.5 Å². The van der Waals surface area contributed by atoms with Crippen LogP contribution in [-0.2, 0) is 11.3 Å². The van der Waals surface area contributed by atoms with Gasteiger partial charge in [-0.15, -0.1) is 0 Å². The highest BCUT2D eigenvalue weighted by molar-refractivity contribution is 6.02. The van der Waals surface area contributed by atoms with Gasteiger partial charge in [0.25, 0.3) is 0 Å². The average molecular weight is 381 g/mol. The molecule has 2 heterocycles. The Morgan fingerprint density at radius 1 is 1.25 bits per heavy atom. The molecule has 1 amide bonds. The Bertz CT molecular complexity index is 1070. The van der Waals surface area contributed by atoms with Crippen LogP contribution in [0.25, 0.3) is 21.9 Å². The lowest BCUT2D eigenvalue weighted by molar-refractivity contribution is -0.137. The highest BCUT2D eigenvalue weighted by Crippen LogP contribution is 2.26. The average Bonchev–Trinajstić information content (AvgIpc) is 3.08. The van der Waals surface area contributed by atoms with Crippen LogP contribution >= 0.6 is 0 Å². The second-order valence-electron chi connectivity index (χ2n) is 8.14. The van der Waals surface area contributed by atoms with Gasteiger partial charge in [0.1, 0.15) is 17.5 Å². The Hall–Kier alpha value is -2.63. The van der Waals surface area contributed by atoms with E-state index in [1.807, 2.05) is 24.0 Å². The Morgan fingerprint density at radius 3 is 2.71 bits per heavy atom. The summed E-state index contributed by atoms with van der Waals surface area (Å²) in [6.45, 7) is 6.26. The maximum absolute atomic E-state index is 13.2. The van der Waals surface area contributed by atoms with Crippen LogP contribution in [0.4, 0.5) is 0 Å². The number of hydrogen-bond donors (Lipinski definition) is 0. The molecule has 0 radical (unpaired) electrons. The lowest BCUT2D eigenvalue weighted by Gasteiger charge is -2.37. The molecule has 148 valence electrons. The molecule has 28 heavy (non-hydrogen) atoms. The van der Waals surface area contributed by atoms with Gasteiger partial charge < -0.3 is 9.32 Å². The predicted molar refractivity (Wildman–Crippen MR) is 109 cm³/mol. The van der Waals surface area contributed by atoms with Gasteiger partial charge in [-0.3, -0.25) is 9.48 Å². The van der Waals surface area contributed by atoms with Crippen molar-refractivity contribution >= 4 is 27.8 Å². The lowest BCUT2D eigenvalue weighted by Crippen LogP contribution is -2.47. The zero-order valence-electron chi connectivity index (χ0n) is 16.8. The van der Waals surface area contributed by atoms with Gasteiger partial charge in [0.2, 0.25) is 5.91 Å². The van der Waals surface area contributed by atoms with Crippen molar-refractivity contribution in [3.8, 4) is 0 Å². The van der Waals surface area contributed by atoms with E-state index in [9.17, 15) is 9.59 Å². The fourth-order valence-corrected chi connectivity index (χ4v) is 4.49. The molecule has 6 heteroatoms. The van der Waals surface area contributed by atoms with Gasteiger partial charge in [0, 0.05) is 17.5 Å². The molecule has 1 saturated carbocycles. The summed E-state index contributed by atoms with van der Waals surface area (Å²) in [5, 5.41) is 5.60. The molecule has 0 N–H and O–H groups in total. The van der Waals surface area contributed by atoms with Crippen LogP contribution in [-0.4, -0.2) is 32.7 Å². The molecule has 1 fully saturated rings. The largest absolute Gasteiger partial charge is 0.422 e. The summed E-state index contributed by atoms with van der Waals surface area (Å²) in [6, 6.07) is 6.12. The topological polar surface area (TPSA) is 68.3 Å². The number of carbonyl (C=O) groups excluding carboxylic acids is 1. The highest BCUT2D eigenvalue weighted by Gasteiger charge is 2.28. The van der Waals surface area contributed by atoms with Crippen LogP contribution in [0, 0.1) is 6.92 Å². The maximum Gasteiger partial charge on any atom is 0.347 e. The molecule has 1 aromatic carbocycles. The first kappa shape index (κ1) is 18.7.